The van der Waals surface area contributed by atoms with Crippen molar-refractivity contribution in [3.63, 3.8) is 0 Å². The Hall–Kier alpha value is -0.500. The summed E-state index contributed by atoms with van der Waals surface area (Å²) in [5.74, 6) is 0. The predicted molar refractivity (Wildman–Crippen MR) is 31.6 cm³/mol. The van der Waals surface area contributed by atoms with E-state index >= 15 is 0 Å². The molecule has 0 saturated heterocycles. The van der Waals surface area contributed by atoms with Crippen LogP contribution in [0.15, 0.2) is 11.8 Å². The van der Waals surface area contributed by atoms with Gasteiger partial charge in [0, 0.05) is 12.7 Å². The second kappa shape index (κ2) is 3.68. The Bertz CT molecular complexity index is 66.5. The monoisotopic (exact) mass is 100 g/mol. The molecule has 0 amide bonds. The van der Waals surface area contributed by atoms with E-state index in [-0.39, 0.29) is 0 Å². The topological polar surface area (TPSA) is 24.1 Å². The number of allylic oxidation sites excluding steroid dienone is 2. The third-order valence-electron chi connectivity index (χ3n) is 0.755. The largest absolute Gasteiger partial charge is 0.326 e. The molecule has 0 spiro atoms. The van der Waals surface area contributed by atoms with Gasteiger partial charge in [0.2, 0.25) is 0 Å². The van der Waals surface area contributed by atoms with Gasteiger partial charge in [-0.05, 0) is 13.8 Å². The molecule has 0 saturated carbocycles. The average molecular weight is 100 g/mol. The maximum absolute atomic E-state index is 2.91. The number of rotatable bonds is 2. The molecule has 7 heavy (non-hydrogen) atoms. The van der Waals surface area contributed by atoms with Gasteiger partial charge in [-0.25, -0.2) is 5.43 Å². The van der Waals surface area contributed by atoms with E-state index in [4.69, 9.17) is 0 Å². The molecular weight excluding hydrogens is 88.1 g/mol. The normalized spacial score (nSPS) is 11.6. The lowest BCUT2D eigenvalue weighted by Crippen LogP contribution is -2.24. The first-order chi connectivity index (χ1) is 3.31. The van der Waals surface area contributed by atoms with E-state index in [0.29, 0.717) is 0 Å². The molecule has 0 atom stereocenters. The van der Waals surface area contributed by atoms with Crippen molar-refractivity contribution in [3.8, 4) is 0 Å². The SMILES string of the molecule is C/C=C(/C)NNC. The zero-order valence-electron chi connectivity index (χ0n) is 5.08. The summed E-state index contributed by atoms with van der Waals surface area (Å²) in [6.07, 6.45) is 2.00. The van der Waals surface area contributed by atoms with Crippen LogP contribution in [0.4, 0.5) is 0 Å². The Balaban J connectivity index is 3.17. The molecule has 0 aliphatic heterocycles. The third kappa shape index (κ3) is 3.33. The summed E-state index contributed by atoms with van der Waals surface area (Å²) < 4.78 is 0. The smallest absolute Gasteiger partial charge is 0.0188 e. The Morgan fingerprint density at radius 1 is 1.57 bits per heavy atom. The summed E-state index contributed by atoms with van der Waals surface area (Å²) in [6, 6.07) is 0. The summed E-state index contributed by atoms with van der Waals surface area (Å²) in [5.41, 5.74) is 6.85. The van der Waals surface area contributed by atoms with Crippen LogP contribution in [0.2, 0.25) is 0 Å². The van der Waals surface area contributed by atoms with Crippen molar-refractivity contribution in [2.75, 3.05) is 7.05 Å². The van der Waals surface area contributed by atoms with Crippen LogP contribution < -0.4 is 10.9 Å². The highest BCUT2D eigenvalue weighted by Crippen LogP contribution is 1.78. The van der Waals surface area contributed by atoms with Crippen LogP contribution in [0.1, 0.15) is 13.8 Å². The molecule has 0 aromatic rings. The Labute approximate surface area is 44.6 Å². The molecule has 0 aromatic carbocycles. The Morgan fingerprint density at radius 3 is 2.29 bits per heavy atom. The van der Waals surface area contributed by atoms with E-state index in [1.165, 1.54) is 0 Å². The Morgan fingerprint density at radius 2 is 2.14 bits per heavy atom. The van der Waals surface area contributed by atoms with Gasteiger partial charge in [-0.2, -0.15) is 0 Å². The summed E-state index contributed by atoms with van der Waals surface area (Å²) in [5, 5.41) is 0. The van der Waals surface area contributed by atoms with Crippen LogP contribution in [0.25, 0.3) is 0 Å². The highest BCUT2D eigenvalue weighted by atomic mass is 15.3. The fourth-order valence-electron chi connectivity index (χ4n) is 0.269. The molecule has 0 fully saturated rings. The lowest BCUT2D eigenvalue weighted by molar-refractivity contribution is 0.688. The molecule has 0 aliphatic carbocycles. The van der Waals surface area contributed by atoms with Crippen molar-refractivity contribution in [1.82, 2.24) is 10.9 Å². The molecule has 2 heteroatoms. The fourth-order valence-corrected chi connectivity index (χ4v) is 0.269. The molecule has 0 radical (unpaired) electrons. The summed E-state index contributed by atoms with van der Waals surface area (Å²) in [4.78, 5) is 0. The van der Waals surface area contributed by atoms with Gasteiger partial charge in [-0.15, -0.1) is 0 Å². The minimum absolute atomic E-state index is 1.14. The van der Waals surface area contributed by atoms with E-state index in [2.05, 4.69) is 10.9 Å². The standard InChI is InChI=1S/C5H12N2/c1-4-5(2)7-6-3/h4,6-7H,1-3H3/b5-4-. The van der Waals surface area contributed by atoms with E-state index in [1.54, 1.807) is 0 Å². The van der Waals surface area contributed by atoms with Crippen molar-refractivity contribution in [2.45, 2.75) is 13.8 Å². The summed E-state index contributed by atoms with van der Waals surface area (Å²) >= 11 is 0. The molecular formula is C5H12N2. The Kier molecular flexibility index (Phi) is 3.42. The molecule has 2 N–H and O–H groups in total. The van der Waals surface area contributed by atoms with Crippen molar-refractivity contribution in [3.05, 3.63) is 11.8 Å². The van der Waals surface area contributed by atoms with Gasteiger partial charge in [-0.3, -0.25) is 0 Å². The highest BCUT2D eigenvalue weighted by molar-refractivity contribution is 4.89. The van der Waals surface area contributed by atoms with Gasteiger partial charge >= 0.3 is 0 Å². The number of hydrogen-bond acceptors (Lipinski definition) is 2. The second-order valence-electron chi connectivity index (χ2n) is 1.35. The summed E-state index contributed by atoms with van der Waals surface area (Å²) in [7, 11) is 1.84. The fraction of sp³-hybridized carbons (Fsp3) is 0.600. The molecule has 0 rings (SSSR count). The lowest BCUT2D eigenvalue weighted by Gasteiger charge is -1.99. The highest BCUT2D eigenvalue weighted by Gasteiger charge is 1.74. The van der Waals surface area contributed by atoms with Crippen molar-refractivity contribution >= 4 is 0 Å². The van der Waals surface area contributed by atoms with Crippen LogP contribution >= 0.6 is 0 Å². The molecule has 0 bridgehead atoms. The van der Waals surface area contributed by atoms with Gasteiger partial charge in [-0.1, -0.05) is 6.08 Å². The first-order valence-electron chi connectivity index (χ1n) is 2.37. The van der Waals surface area contributed by atoms with Gasteiger partial charge in [0.1, 0.15) is 0 Å². The first kappa shape index (κ1) is 6.50. The minimum Gasteiger partial charge on any atom is -0.326 e. The molecule has 0 heterocycles. The van der Waals surface area contributed by atoms with E-state index in [1.807, 2.05) is 27.0 Å². The number of nitrogens with one attached hydrogen (secondary N) is 2. The van der Waals surface area contributed by atoms with Crippen LogP contribution in [-0.4, -0.2) is 7.05 Å². The van der Waals surface area contributed by atoms with Gasteiger partial charge in [0.25, 0.3) is 0 Å². The lowest BCUT2D eigenvalue weighted by atomic mass is 10.5. The number of hydrazine groups is 1. The molecule has 2 nitrogen and oxygen atoms in total. The summed E-state index contributed by atoms with van der Waals surface area (Å²) in [6.45, 7) is 3.98. The number of hydrogen-bond donors (Lipinski definition) is 2. The third-order valence-corrected chi connectivity index (χ3v) is 0.755. The first-order valence-corrected chi connectivity index (χ1v) is 2.37. The van der Waals surface area contributed by atoms with E-state index in [9.17, 15) is 0 Å². The van der Waals surface area contributed by atoms with E-state index in [0.717, 1.165) is 5.70 Å². The molecule has 0 aromatic heterocycles. The average Bonchev–Trinajstić information content (AvgIpc) is 1.68. The zero-order valence-corrected chi connectivity index (χ0v) is 5.08. The van der Waals surface area contributed by atoms with Gasteiger partial charge < -0.3 is 5.43 Å². The van der Waals surface area contributed by atoms with E-state index < -0.39 is 0 Å². The molecule has 0 unspecified atom stereocenters. The van der Waals surface area contributed by atoms with Crippen molar-refractivity contribution in [1.29, 1.82) is 0 Å². The minimum atomic E-state index is 1.14. The van der Waals surface area contributed by atoms with Crippen molar-refractivity contribution in [2.24, 2.45) is 0 Å². The van der Waals surface area contributed by atoms with Gasteiger partial charge in [0.05, 0.1) is 0 Å². The van der Waals surface area contributed by atoms with Gasteiger partial charge in [0.15, 0.2) is 0 Å². The van der Waals surface area contributed by atoms with Crippen LogP contribution in [0.3, 0.4) is 0 Å². The predicted octanol–water partition coefficient (Wildman–Crippen LogP) is 0.634. The van der Waals surface area contributed by atoms with Crippen LogP contribution in [-0.2, 0) is 0 Å². The second-order valence-corrected chi connectivity index (χ2v) is 1.35. The molecule has 42 valence electrons. The molecule has 0 aliphatic rings. The quantitative estimate of drug-likeness (QED) is 0.497. The maximum atomic E-state index is 2.91. The van der Waals surface area contributed by atoms with Crippen LogP contribution in [0.5, 0.6) is 0 Å². The zero-order chi connectivity index (χ0) is 5.70. The van der Waals surface area contributed by atoms with Crippen molar-refractivity contribution < 1.29 is 0 Å². The maximum Gasteiger partial charge on any atom is 0.0188 e. The van der Waals surface area contributed by atoms with Crippen LogP contribution in [0, 0.1) is 0 Å².